The van der Waals surface area contributed by atoms with E-state index in [0.717, 1.165) is 13.0 Å². The third kappa shape index (κ3) is 8.20. The fourth-order valence-corrected chi connectivity index (χ4v) is 6.73. The Morgan fingerprint density at radius 3 is 2.33 bits per heavy atom. The van der Waals surface area contributed by atoms with Crippen LogP contribution < -0.4 is 14.9 Å². The number of esters is 1. The van der Waals surface area contributed by atoms with Crippen LogP contribution in [-0.4, -0.2) is 82.6 Å². The number of carbonyl (C=O) groups excluding carboxylic acids is 2. The smallest absolute Gasteiger partial charge is 0.459 e. The Hall–Kier alpha value is -3.92. The number of halogens is 1. The second kappa shape index (κ2) is 14.7. The zero-order valence-corrected chi connectivity index (χ0v) is 28.2. The summed E-state index contributed by atoms with van der Waals surface area (Å²) in [5.41, 5.74) is -1.14. The molecule has 0 saturated carbocycles. The minimum absolute atomic E-state index is 0.0630. The van der Waals surface area contributed by atoms with Crippen molar-refractivity contribution in [2.75, 3.05) is 13.7 Å². The van der Waals surface area contributed by atoms with Gasteiger partial charge in [0.2, 0.25) is 11.8 Å². The summed E-state index contributed by atoms with van der Waals surface area (Å²) in [6.45, 7) is 6.91. The molecule has 1 saturated heterocycles. The molecule has 2 heterocycles. The quantitative estimate of drug-likeness (QED) is 0.111. The Morgan fingerprint density at radius 1 is 1.19 bits per heavy atom. The molecule has 3 N–H and O–H groups in total. The summed E-state index contributed by atoms with van der Waals surface area (Å²) < 4.78 is 58.4. The molecular formula is C31H40FN4O11P. The molecule has 2 aromatic rings. The van der Waals surface area contributed by atoms with Crippen LogP contribution in [0.2, 0.25) is 0 Å². The Kier molecular flexibility index (Phi) is 11.3. The van der Waals surface area contributed by atoms with Gasteiger partial charge in [-0.15, -0.1) is 0 Å². The summed E-state index contributed by atoms with van der Waals surface area (Å²) >= 11 is 0. The number of hydrogen-bond acceptors (Lipinski definition) is 12. The van der Waals surface area contributed by atoms with E-state index in [-0.39, 0.29) is 17.9 Å². The molecule has 4 rings (SSSR count). The number of nitro benzene ring substituents is 1. The molecule has 0 spiro atoms. The van der Waals surface area contributed by atoms with Crippen LogP contribution >= 0.6 is 7.75 Å². The molecule has 0 aromatic heterocycles. The maximum absolute atomic E-state index is 16.1. The summed E-state index contributed by atoms with van der Waals surface area (Å²) in [5, 5.41) is 27.2. The van der Waals surface area contributed by atoms with Crippen molar-refractivity contribution in [2.24, 2.45) is 0 Å². The zero-order chi connectivity index (χ0) is 35.4. The summed E-state index contributed by atoms with van der Waals surface area (Å²) in [6, 6.07) is 11.0. The van der Waals surface area contributed by atoms with Gasteiger partial charge in [0.1, 0.15) is 24.0 Å². The van der Waals surface area contributed by atoms with Gasteiger partial charge in [0.25, 0.3) is 5.69 Å². The van der Waals surface area contributed by atoms with Crippen LogP contribution in [0, 0.1) is 10.1 Å². The number of carbonyl (C=O) groups is 2. The monoisotopic (exact) mass is 694 g/mol. The molecule has 1 fully saturated rings. The molecule has 1 amide bonds. The number of nitrogens with zero attached hydrogens (tertiary/aromatic N) is 2. The third-order valence-electron chi connectivity index (χ3n) is 7.86. The second-order valence-electron chi connectivity index (χ2n) is 11.8. The Balaban J connectivity index is 1.57. The number of rotatable bonds is 14. The van der Waals surface area contributed by atoms with E-state index >= 15 is 4.39 Å². The number of alkyl halides is 1. The maximum atomic E-state index is 16.1. The number of ether oxygens (including phenoxy) is 3. The van der Waals surface area contributed by atoms with Crippen molar-refractivity contribution in [3.8, 4) is 16.9 Å². The predicted octanol–water partition coefficient (Wildman–Crippen LogP) is 4.16. The number of benzene rings is 2. The van der Waals surface area contributed by atoms with Crippen molar-refractivity contribution >= 4 is 25.3 Å². The fraction of sp³-hybridized carbons (Fsp3) is 0.484. The Bertz CT molecular complexity index is 1560. The topological polar surface area (TPSA) is 188 Å². The molecule has 0 aliphatic carbocycles. The fourth-order valence-electron chi connectivity index (χ4n) is 5.13. The first-order valence-electron chi connectivity index (χ1n) is 15.2. The van der Waals surface area contributed by atoms with E-state index in [9.17, 15) is 29.4 Å². The van der Waals surface area contributed by atoms with E-state index in [4.69, 9.17) is 23.3 Å². The van der Waals surface area contributed by atoms with Crippen LogP contribution in [0.15, 0.2) is 60.8 Å². The zero-order valence-electron chi connectivity index (χ0n) is 27.3. The average molecular weight is 695 g/mol. The van der Waals surface area contributed by atoms with Crippen LogP contribution in [0.3, 0.4) is 0 Å². The number of hydrogen-bond donors (Lipinski definition) is 3. The summed E-state index contributed by atoms with van der Waals surface area (Å²) in [7, 11) is -3.17. The molecule has 7 atom stereocenters. The SMILES string of the molecule is CC[C@H](NP(=O)(OC[C@H]1O[C@@H](N2C=CC(=O)NC2(C)OC)[C@](C)(F)[C@@H]1O)Oc1ccc(-c2ccc([N+](=O)[O-])cc2)cc1)C(=O)OC(C)C. The van der Waals surface area contributed by atoms with Crippen molar-refractivity contribution in [1.29, 1.82) is 0 Å². The van der Waals surface area contributed by atoms with Gasteiger partial charge in [0.05, 0.1) is 17.6 Å². The van der Waals surface area contributed by atoms with Gasteiger partial charge < -0.3 is 34.1 Å². The molecule has 2 aliphatic heterocycles. The van der Waals surface area contributed by atoms with Crippen LogP contribution in [0.5, 0.6) is 5.75 Å². The molecule has 15 nitrogen and oxygen atoms in total. The number of non-ortho nitro benzene ring substituents is 1. The number of methoxy groups -OCH3 is 1. The molecule has 262 valence electrons. The number of nitrogens with one attached hydrogen (secondary N) is 2. The minimum atomic E-state index is -4.48. The molecule has 2 aromatic carbocycles. The highest BCUT2D eigenvalue weighted by molar-refractivity contribution is 7.52. The largest absolute Gasteiger partial charge is 0.462 e. The highest BCUT2D eigenvalue weighted by atomic mass is 31.2. The van der Waals surface area contributed by atoms with Crippen molar-refractivity contribution in [3.63, 3.8) is 0 Å². The van der Waals surface area contributed by atoms with E-state index < -0.39 is 73.3 Å². The lowest BCUT2D eigenvalue weighted by Gasteiger charge is -2.46. The lowest BCUT2D eigenvalue weighted by atomic mass is 9.97. The first kappa shape index (κ1) is 36.9. The molecule has 2 unspecified atom stereocenters. The van der Waals surface area contributed by atoms with Crippen molar-refractivity contribution in [2.45, 2.75) is 83.1 Å². The number of amides is 1. The van der Waals surface area contributed by atoms with E-state index in [1.165, 1.54) is 49.4 Å². The highest BCUT2D eigenvalue weighted by Crippen LogP contribution is 2.47. The predicted molar refractivity (Wildman–Crippen MR) is 170 cm³/mol. The summed E-state index contributed by atoms with van der Waals surface area (Å²) in [4.78, 5) is 36.5. The van der Waals surface area contributed by atoms with Gasteiger partial charge >= 0.3 is 13.7 Å². The van der Waals surface area contributed by atoms with Gasteiger partial charge in [-0.05, 0) is 62.6 Å². The minimum Gasteiger partial charge on any atom is -0.462 e. The first-order chi connectivity index (χ1) is 22.5. The molecule has 0 radical (unpaired) electrons. The van der Waals surface area contributed by atoms with E-state index in [1.54, 1.807) is 45.0 Å². The standard InChI is InChI=1S/C31H40FN4O11P/c1-7-24(28(39)45-19(2)3)34-48(42,47-23-14-10-21(11-15-23)20-8-12-22(13-9-20)36(40)41)44-18-25-27(38)30(4,32)29(46-25)35-17-16-26(37)33-31(35,5)43-6/h8-17,19,24-25,27,29,38H,7,18H2,1-6H3,(H,33,37)(H,34,42)/t24-,25+,27+,29+,30+,31?,48?/m0/s1. The number of nitro groups is 1. The van der Waals surface area contributed by atoms with Gasteiger partial charge in [0, 0.05) is 38.4 Å². The Labute approximate surface area is 277 Å². The van der Waals surface area contributed by atoms with Gasteiger partial charge in [-0.25, -0.2) is 8.96 Å². The van der Waals surface area contributed by atoms with Crippen LogP contribution in [0.25, 0.3) is 11.1 Å². The Morgan fingerprint density at radius 2 is 1.79 bits per heavy atom. The normalized spacial score (nSPS) is 27.3. The average Bonchev–Trinajstić information content (AvgIpc) is 3.26. The maximum Gasteiger partial charge on any atom is 0.459 e. The van der Waals surface area contributed by atoms with Crippen molar-refractivity contribution in [1.82, 2.24) is 15.3 Å². The molecule has 48 heavy (non-hydrogen) atoms. The van der Waals surface area contributed by atoms with Gasteiger partial charge in [-0.3, -0.25) is 24.2 Å². The molecule has 2 aliphatic rings. The summed E-state index contributed by atoms with van der Waals surface area (Å²) in [5.74, 6) is -2.65. The van der Waals surface area contributed by atoms with Crippen LogP contribution in [0.4, 0.5) is 10.1 Å². The molecule has 0 bridgehead atoms. The lowest BCUT2D eigenvalue weighted by molar-refractivity contribution is -0.384. The first-order valence-corrected chi connectivity index (χ1v) is 16.7. The molecular weight excluding hydrogens is 654 g/mol. The number of aliphatic hydroxyl groups excluding tert-OH is 1. The van der Waals surface area contributed by atoms with Crippen LogP contribution in [0.1, 0.15) is 41.0 Å². The summed E-state index contributed by atoms with van der Waals surface area (Å²) in [6.07, 6.45) is -2.56. The van der Waals surface area contributed by atoms with Gasteiger partial charge in [-0.2, -0.15) is 5.09 Å². The van der Waals surface area contributed by atoms with Crippen LogP contribution in [-0.2, 0) is 32.9 Å². The lowest BCUT2D eigenvalue weighted by Crippen LogP contribution is -2.66. The molecule has 17 heteroatoms. The second-order valence-corrected chi connectivity index (χ2v) is 13.5. The van der Waals surface area contributed by atoms with Gasteiger partial charge in [0.15, 0.2) is 11.9 Å². The van der Waals surface area contributed by atoms with E-state index in [1.807, 2.05) is 0 Å². The van der Waals surface area contributed by atoms with E-state index in [2.05, 4.69) is 10.4 Å². The van der Waals surface area contributed by atoms with E-state index in [0.29, 0.717) is 11.1 Å². The van der Waals surface area contributed by atoms with Crippen molar-refractivity contribution in [3.05, 3.63) is 70.9 Å². The van der Waals surface area contributed by atoms with Gasteiger partial charge in [-0.1, -0.05) is 19.1 Å². The third-order valence-corrected chi connectivity index (χ3v) is 9.43. The highest BCUT2D eigenvalue weighted by Gasteiger charge is 2.59. The number of aliphatic hydroxyl groups is 1. The van der Waals surface area contributed by atoms with Crippen molar-refractivity contribution < 1.29 is 51.8 Å².